The number of rotatable bonds is 10. The maximum Gasteiger partial charge on any atom is 0.252 e. The highest BCUT2D eigenvalue weighted by Crippen LogP contribution is 2.32. The van der Waals surface area contributed by atoms with Gasteiger partial charge in [0.25, 0.3) is 5.91 Å². The van der Waals surface area contributed by atoms with Gasteiger partial charge in [-0.15, -0.1) is 11.3 Å². The second-order valence-electron chi connectivity index (χ2n) is 8.12. The van der Waals surface area contributed by atoms with Gasteiger partial charge >= 0.3 is 0 Å². The van der Waals surface area contributed by atoms with Crippen molar-refractivity contribution in [3.05, 3.63) is 57.3 Å². The molecule has 0 saturated heterocycles. The van der Waals surface area contributed by atoms with E-state index in [-0.39, 0.29) is 5.91 Å². The average molecular weight is 399 g/mol. The zero-order valence-corrected chi connectivity index (χ0v) is 18.2. The van der Waals surface area contributed by atoms with Crippen molar-refractivity contribution in [1.29, 1.82) is 0 Å². The molecule has 0 saturated carbocycles. The Kier molecular flexibility index (Phi) is 8.11. The topological polar surface area (TPSA) is 32.3 Å². The fraction of sp³-hybridized carbons (Fsp3) is 0.542. The Balaban J connectivity index is 1.46. The van der Waals surface area contributed by atoms with Crippen molar-refractivity contribution in [2.75, 3.05) is 19.6 Å². The van der Waals surface area contributed by atoms with Crippen LogP contribution in [-0.2, 0) is 19.4 Å². The Labute approximate surface area is 174 Å². The van der Waals surface area contributed by atoms with Crippen LogP contribution in [0.4, 0.5) is 0 Å². The van der Waals surface area contributed by atoms with Gasteiger partial charge in [-0.1, -0.05) is 50.6 Å². The molecule has 4 heteroatoms. The Morgan fingerprint density at radius 1 is 1.21 bits per heavy atom. The van der Waals surface area contributed by atoms with E-state index in [0.29, 0.717) is 0 Å². The second-order valence-corrected chi connectivity index (χ2v) is 9.09. The van der Waals surface area contributed by atoms with E-state index >= 15 is 0 Å². The minimum atomic E-state index is 0.121. The third kappa shape index (κ3) is 5.92. The van der Waals surface area contributed by atoms with Crippen LogP contribution in [0.3, 0.4) is 0 Å². The number of carbonyl (C=O) groups is 1. The van der Waals surface area contributed by atoms with Crippen LogP contribution in [0.2, 0.25) is 0 Å². The molecule has 0 spiro atoms. The maximum atomic E-state index is 12.6. The molecule has 0 aliphatic heterocycles. The van der Waals surface area contributed by atoms with Gasteiger partial charge in [0.1, 0.15) is 0 Å². The highest BCUT2D eigenvalue weighted by atomic mass is 32.1. The van der Waals surface area contributed by atoms with Crippen LogP contribution < -0.4 is 5.32 Å². The van der Waals surface area contributed by atoms with Crippen LogP contribution in [-0.4, -0.2) is 30.4 Å². The first-order valence-corrected chi connectivity index (χ1v) is 11.7. The molecule has 1 atom stereocenters. The summed E-state index contributed by atoms with van der Waals surface area (Å²) in [7, 11) is 0. The molecule has 1 N–H and O–H groups in total. The third-order valence-electron chi connectivity index (χ3n) is 5.66. The number of benzene rings is 1. The van der Waals surface area contributed by atoms with Crippen LogP contribution in [0.15, 0.2) is 35.7 Å². The van der Waals surface area contributed by atoms with Crippen LogP contribution in [0.25, 0.3) is 0 Å². The standard InChI is InChI=1S/C24H34N2OS/c1-3-4-14-26(17-20-9-6-5-7-10-20)15-8-13-25-24(27)22-18-28-23-16-19(2)11-12-21(22)23/h5-7,9-10,18-19H,3-4,8,11-17H2,1-2H3,(H,25,27). The lowest BCUT2D eigenvalue weighted by atomic mass is 9.88. The number of unbranched alkanes of at least 4 members (excludes halogenated alkanes) is 1. The lowest BCUT2D eigenvalue weighted by Gasteiger charge is -2.22. The summed E-state index contributed by atoms with van der Waals surface area (Å²) in [5.41, 5.74) is 3.61. The zero-order valence-electron chi connectivity index (χ0n) is 17.4. The van der Waals surface area contributed by atoms with Gasteiger partial charge in [-0.2, -0.15) is 0 Å². The van der Waals surface area contributed by atoms with E-state index in [4.69, 9.17) is 0 Å². The fourth-order valence-corrected chi connectivity index (χ4v) is 5.21. The van der Waals surface area contributed by atoms with Crippen molar-refractivity contribution in [3.63, 3.8) is 0 Å². The quantitative estimate of drug-likeness (QED) is 0.551. The number of thiophene rings is 1. The van der Waals surface area contributed by atoms with E-state index in [1.165, 1.54) is 35.3 Å². The largest absolute Gasteiger partial charge is 0.352 e. The minimum Gasteiger partial charge on any atom is -0.352 e. The normalized spacial score (nSPS) is 16.2. The van der Waals surface area contributed by atoms with Gasteiger partial charge in [0, 0.05) is 29.9 Å². The van der Waals surface area contributed by atoms with Gasteiger partial charge in [-0.3, -0.25) is 9.69 Å². The van der Waals surface area contributed by atoms with Gasteiger partial charge in [-0.25, -0.2) is 0 Å². The molecule has 1 unspecified atom stereocenters. The first-order chi connectivity index (χ1) is 13.7. The number of hydrogen-bond donors (Lipinski definition) is 1. The predicted octanol–water partition coefficient (Wildman–Crippen LogP) is 5.30. The van der Waals surface area contributed by atoms with E-state index < -0.39 is 0 Å². The van der Waals surface area contributed by atoms with Crippen molar-refractivity contribution < 1.29 is 4.79 Å². The van der Waals surface area contributed by atoms with Crippen LogP contribution in [0, 0.1) is 5.92 Å². The molecule has 1 aliphatic carbocycles. The van der Waals surface area contributed by atoms with E-state index in [9.17, 15) is 4.79 Å². The molecular formula is C24H34N2OS. The number of nitrogens with one attached hydrogen (secondary N) is 1. The molecule has 0 radical (unpaired) electrons. The molecule has 1 aromatic heterocycles. The van der Waals surface area contributed by atoms with Gasteiger partial charge in [-0.05, 0) is 55.7 Å². The van der Waals surface area contributed by atoms with Gasteiger partial charge in [0.15, 0.2) is 0 Å². The van der Waals surface area contributed by atoms with Crippen LogP contribution in [0.1, 0.15) is 65.9 Å². The van der Waals surface area contributed by atoms with Crippen LogP contribution >= 0.6 is 11.3 Å². The van der Waals surface area contributed by atoms with E-state index in [2.05, 4.69) is 59.8 Å². The first-order valence-electron chi connectivity index (χ1n) is 10.8. The van der Waals surface area contributed by atoms with Crippen molar-refractivity contribution in [1.82, 2.24) is 10.2 Å². The minimum absolute atomic E-state index is 0.121. The summed E-state index contributed by atoms with van der Waals surface area (Å²) in [6.07, 6.45) is 6.83. The molecule has 0 fully saturated rings. The monoisotopic (exact) mass is 398 g/mol. The Morgan fingerprint density at radius 2 is 2.00 bits per heavy atom. The molecule has 152 valence electrons. The van der Waals surface area contributed by atoms with E-state index in [1.54, 1.807) is 11.3 Å². The van der Waals surface area contributed by atoms with Crippen molar-refractivity contribution in [2.24, 2.45) is 5.92 Å². The van der Waals surface area contributed by atoms with Crippen molar-refractivity contribution in [2.45, 2.75) is 58.9 Å². The molecule has 2 aromatic rings. The summed E-state index contributed by atoms with van der Waals surface area (Å²) in [5, 5.41) is 5.23. The van der Waals surface area contributed by atoms with E-state index in [0.717, 1.165) is 56.9 Å². The number of amides is 1. The fourth-order valence-electron chi connectivity index (χ4n) is 3.96. The molecule has 1 aromatic carbocycles. The highest BCUT2D eigenvalue weighted by molar-refractivity contribution is 7.10. The number of carbonyl (C=O) groups excluding carboxylic acids is 1. The number of hydrogen-bond acceptors (Lipinski definition) is 3. The molecule has 0 bridgehead atoms. The summed E-state index contributed by atoms with van der Waals surface area (Å²) in [5.74, 6) is 0.871. The second kappa shape index (κ2) is 10.8. The molecule has 1 aliphatic rings. The summed E-state index contributed by atoms with van der Waals surface area (Å²) >= 11 is 1.77. The first kappa shape index (κ1) is 21.1. The van der Waals surface area contributed by atoms with Crippen LogP contribution in [0.5, 0.6) is 0 Å². The zero-order chi connectivity index (χ0) is 19.8. The summed E-state index contributed by atoms with van der Waals surface area (Å²) in [6, 6.07) is 10.7. The van der Waals surface area contributed by atoms with Crippen molar-refractivity contribution in [3.8, 4) is 0 Å². The molecule has 3 rings (SSSR count). The molecule has 1 heterocycles. The lowest BCUT2D eigenvalue weighted by molar-refractivity contribution is 0.0950. The smallest absolute Gasteiger partial charge is 0.252 e. The molecular weight excluding hydrogens is 364 g/mol. The lowest BCUT2D eigenvalue weighted by Crippen LogP contribution is -2.31. The number of nitrogens with zero attached hydrogens (tertiary/aromatic N) is 1. The third-order valence-corrected chi connectivity index (χ3v) is 6.71. The predicted molar refractivity (Wildman–Crippen MR) is 119 cm³/mol. The summed E-state index contributed by atoms with van der Waals surface area (Å²) < 4.78 is 0. The van der Waals surface area contributed by atoms with Gasteiger partial charge < -0.3 is 5.32 Å². The summed E-state index contributed by atoms with van der Waals surface area (Å²) in [4.78, 5) is 16.6. The average Bonchev–Trinajstić information content (AvgIpc) is 3.12. The van der Waals surface area contributed by atoms with Gasteiger partial charge in [0.2, 0.25) is 0 Å². The van der Waals surface area contributed by atoms with E-state index in [1.807, 2.05) is 0 Å². The molecule has 28 heavy (non-hydrogen) atoms. The molecule has 1 amide bonds. The number of fused-ring (bicyclic) bond motifs is 1. The maximum absolute atomic E-state index is 12.6. The highest BCUT2D eigenvalue weighted by Gasteiger charge is 2.22. The van der Waals surface area contributed by atoms with Crippen molar-refractivity contribution >= 4 is 17.2 Å². The molecule has 3 nitrogen and oxygen atoms in total. The Morgan fingerprint density at radius 3 is 2.79 bits per heavy atom. The Bertz CT molecular complexity index is 740. The summed E-state index contributed by atoms with van der Waals surface area (Å²) in [6.45, 7) is 8.43. The van der Waals surface area contributed by atoms with Gasteiger partial charge in [0.05, 0.1) is 5.56 Å². The SMILES string of the molecule is CCCCN(CCCNC(=O)c1csc2c1CCC(C)C2)Cc1ccccc1. The Hall–Kier alpha value is -1.65.